The summed E-state index contributed by atoms with van der Waals surface area (Å²) in [5, 5.41) is 3.14. The fourth-order valence-corrected chi connectivity index (χ4v) is 2.36. The Kier molecular flexibility index (Phi) is 3.82. The molecule has 1 aromatic heterocycles. The Hall–Kier alpha value is -0.820. The second-order valence-electron chi connectivity index (χ2n) is 4.27. The number of halogens is 4. The molecule has 18 heavy (non-hydrogen) atoms. The summed E-state index contributed by atoms with van der Waals surface area (Å²) < 4.78 is 39.4. The van der Waals surface area contributed by atoms with Gasteiger partial charge < -0.3 is 10.2 Å². The topological polar surface area (TPSA) is 28.2 Å². The van der Waals surface area contributed by atoms with E-state index in [0.717, 1.165) is 6.07 Å². The molecule has 1 unspecified atom stereocenters. The van der Waals surface area contributed by atoms with E-state index in [9.17, 15) is 13.2 Å². The highest BCUT2D eigenvalue weighted by atomic mass is 79.9. The van der Waals surface area contributed by atoms with Crippen LogP contribution in [-0.2, 0) is 6.18 Å². The molecule has 0 radical (unpaired) electrons. The standard InChI is InChI=1S/C11H13BrF3N3/c1-7-5-16-2-3-18(7)10-9(11(13,14)15)4-8(12)6-17-10/h4,6-7,16H,2-3,5H2,1H3. The van der Waals surface area contributed by atoms with Gasteiger partial charge in [-0.15, -0.1) is 0 Å². The van der Waals surface area contributed by atoms with Crippen molar-refractivity contribution in [2.75, 3.05) is 24.5 Å². The fourth-order valence-electron chi connectivity index (χ4n) is 2.03. The maximum atomic E-state index is 13.0. The van der Waals surface area contributed by atoms with Crippen LogP contribution >= 0.6 is 15.9 Å². The minimum Gasteiger partial charge on any atom is -0.351 e. The molecule has 1 atom stereocenters. The Morgan fingerprint density at radius 2 is 2.22 bits per heavy atom. The van der Waals surface area contributed by atoms with Gasteiger partial charge in [0.2, 0.25) is 0 Å². The van der Waals surface area contributed by atoms with Crippen molar-refractivity contribution in [3.05, 3.63) is 22.3 Å². The Morgan fingerprint density at radius 1 is 1.50 bits per heavy atom. The summed E-state index contributed by atoms with van der Waals surface area (Å²) in [7, 11) is 0. The van der Waals surface area contributed by atoms with E-state index in [2.05, 4.69) is 26.2 Å². The van der Waals surface area contributed by atoms with Gasteiger partial charge in [0.05, 0.1) is 5.56 Å². The molecule has 7 heteroatoms. The molecule has 1 saturated heterocycles. The number of rotatable bonds is 1. The van der Waals surface area contributed by atoms with Crippen LogP contribution in [0.1, 0.15) is 12.5 Å². The monoisotopic (exact) mass is 323 g/mol. The quantitative estimate of drug-likeness (QED) is 0.861. The van der Waals surface area contributed by atoms with E-state index in [1.54, 1.807) is 4.90 Å². The molecule has 2 rings (SSSR count). The van der Waals surface area contributed by atoms with Crippen LogP contribution in [0.4, 0.5) is 19.0 Å². The summed E-state index contributed by atoms with van der Waals surface area (Å²) in [6, 6.07) is 1.07. The highest BCUT2D eigenvalue weighted by Crippen LogP contribution is 2.37. The lowest BCUT2D eigenvalue weighted by atomic mass is 10.1. The van der Waals surface area contributed by atoms with Gasteiger partial charge in [0.1, 0.15) is 5.82 Å². The van der Waals surface area contributed by atoms with Crippen LogP contribution < -0.4 is 10.2 Å². The van der Waals surface area contributed by atoms with Crippen LogP contribution in [0, 0.1) is 0 Å². The number of hydrogen-bond donors (Lipinski definition) is 1. The number of nitrogens with one attached hydrogen (secondary N) is 1. The van der Waals surface area contributed by atoms with Gasteiger partial charge in [-0.3, -0.25) is 0 Å². The smallest absolute Gasteiger partial charge is 0.351 e. The number of hydrogen-bond acceptors (Lipinski definition) is 3. The van der Waals surface area contributed by atoms with Crippen molar-refractivity contribution in [2.24, 2.45) is 0 Å². The normalized spacial score (nSPS) is 21.2. The molecule has 0 aromatic carbocycles. The lowest BCUT2D eigenvalue weighted by Crippen LogP contribution is -2.50. The van der Waals surface area contributed by atoms with Crippen molar-refractivity contribution in [1.29, 1.82) is 0 Å². The van der Waals surface area contributed by atoms with Crippen molar-refractivity contribution in [2.45, 2.75) is 19.1 Å². The second kappa shape index (κ2) is 5.05. The van der Waals surface area contributed by atoms with Gasteiger partial charge in [-0.05, 0) is 28.9 Å². The first-order chi connectivity index (χ1) is 8.39. The van der Waals surface area contributed by atoms with Gasteiger partial charge in [0.15, 0.2) is 0 Å². The van der Waals surface area contributed by atoms with Gasteiger partial charge in [-0.2, -0.15) is 13.2 Å². The zero-order chi connectivity index (χ0) is 13.3. The molecule has 1 aliphatic heterocycles. The highest BCUT2D eigenvalue weighted by Gasteiger charge is 2.37. The molecule has 1 fully saturated rings. The van der Waals surface area contributed by atoms with Gasteiger partial charge >= 0.3 is 6.18 Å². The van der Waals surface area contributed by atoms with E-state index in [4.69, 9.17) is 0 Å². The molecule has 100 valence electrons. The van der Waals surface area contributed by atoms with Crippen LogP contribution in [0.2, 0.25) is 0 Å². The second-order valence-corrected chi connectivity index (χ2v) is 5.18. The molecule has 0 bridgehead atoms. The first-order valence-electron chi connectivity index (χ1n) is 5.59. The van der Waals surface area contributed by atoms with Crippen molar-refractivity contribution in [1.82, 2.24) is 10.3 Å². The molecule has 1 aliphatic rings. The number of aromatic nitrogens is 1. The van der Waals surface area contributed by atoms with E-state index in [1.807, 2.05) is 6.92 Å². The number of alkyl halides is 3. The minimum absolute atomic E-state index is 0.00599. The van der Waals surface area contributed by atoms with E-state index in [-0.39, 0.29) is 11.9 Å². The molecular formula is C11H13BrF3N3. The Labute approximate surface area is 112 Å². The van der Waals surface area contributed by atoms with E-state index < -0.39 is 11.7 Å². The third kappa shape index (κ3) is 2.77. The van der Waals surface area contributed by atoms with Crippen molar-refractivity contribution in [3.8, 4) is 0 Å². The van der Waals surface area contributed by atoms with Crippen LogP contribution in [-0.4, -0.2) is 30.7 Å². The van der Waals surface area contributed by atoms with Crippen LogP contribution in [0.5, 0.6) is 0 Å². The van der Waals surface area contributed by atoms with E-state index in [0.29, 0.717) is 24.1 Å². The predicted octanol–water partition coefficient (Wildman–Crippen LogP) is 2.66. The number of nitrogens with zero attached hydrogens (tertiary/aromatic N) is 2. The van der Waals surface area contributed by atoms with Crippen molar-refractivity contribution >= 4 is 21.7 Å². The molecule has 0 amide bonds. The Morgan fingerprint density at radius 3 is 2.83 bits per heavy atom. The first-order valence-corrected chi connectivity index (χ1v) is 6.39. The van der Waals surface area contributed by atoms with Crippen LogP contribution in [0.25, 0.3) is 0 Å². The van der Waals surface area contributed by atoms with Crippen LogP contribution in [0.15, 0.2) is 16.7 Å². The molecule has 0 aliphatic carbocycles. The minimum atomic E-state index is -4.39. The van der Waals surface area contributed by atoms with E-state index >= 15 is 0 Å². The van der Waals surface area contributed by atoms with Crippen molar-refractivity contribution < 1.29 is 13.2 Å². The molecule has 3 nitrogen and oxygen atoms in total. The SMILES string of the molecule is CC1CNCCN1c1ncc(Br)cc1C(F)(F)F. The number of pyridine rings is 1. The van der Waals surface area contributed by atoms with Crippen LogP contribution in [0.3, 0.4) is 0 Å². The van der Waals surface area contributed by atoms with Gasteiger partial charge in [-0.25, -0.2) is 4.98 Å². The first kappa shape index (κ1) is 13.6. The summed E-state index contributed by atoms with van der Waals surface area (Å²) in [5.41, 5.74) is -0.689. The summed E-state index contributed by atoms with van der Waals surface area (Å²) in [6.07, 6.45) is -2.99. The zero-order valence-corrected chi connectivity index (χ0v) is 11.3. The molecule has 0 saturated carbocycles. The molecular weight excluding hydrogens is 311 g/mol. The lowest BCUT2D eigenvalue weighted by Gasteiger charge is -2.36. The third-order valence-corrected chi connectivity index (χ3v) is 3.35. The number of piperazine rings is 1. The molecule has 2 heterocycles. The largest absolute Gasteiger partial charge is 0.419 e. The molecule has 1 aromatic rings. The Balaban J connectivity index is 2.43. The van der Waals surface area contributed by atoms with Gasteiger partial charge in [-0.1, -0.05) is 0 Å². The summed E-state index contributed by atoms with van der Waals surface area (Å²) >= 11 is 3.03. The average molecular weight is 324 g/mol. The van der Waals surface area contributed by atoms with Gasteiger partial charge in [0.25, 0.3) is 0 Å². The third-order valence-electron chi connectivity index (χ3n) is 2.91. The fraction of sp³-hybridized carbons (Fsp3) is 0.545. The Bertz CT molecular complexity index is 436. The number of anilines is 1. The zero-order valence-electron chi connectivity index (χ0n) is 9.76. The lowest BCUT2D eigenvalue weighted by molar-refractivity contribution is -0.137. The summed E-state index contributed by atoms with van der Waals surface area (Å²) in [6.45, 7) is 3.74. The molecule has 1 N–H and O–H groups in total. The summed E-state index contributed by atoms with van der Waals surface area (Å²) in [4.78, 5) is 5.65. The maximum absolute atomic E-state index is 13.0. The van der Waals surface area contributed by atoms with E-state index in [1.165, 1.54) is 6.20 Å². The highest BCUT2D eigenvalue weighted by molar-refractivity contribution is 9.10. The predicted molar refractivity (Wildman–Crippen MR) is 66.6 cm³/mol. The van der Waals surface area contributed by atoms with Gasteiger partial charge in [0, 0.05) is 36.3 Å². The summed E-state index contributed by atoms with van der Waals surface area (Å²) in [5.74, 6) is 0.0136. The average Bonchev–Trinajstić information content (AvgIpc) is 2.29. The van der Waals surface area contributed by atoms with Crippen molar-refractivity contribution in [3.63, 3.8) is 0 Å². The maximum Gasteiger partial charge on any atom is 0.419 e. The molecule has 0 spiro atoms.